The highest BCUT2D eigenvalue weighted by Gasteiger charge is 2.36. The summed E-state index contributed by atoms with van der Waals surface area (Å²) in [5.74, 6) is 3.17. The Morgan fingerprint density at radius 1 is 0.658 bits per heavy atom. The fourth-order valence-electron chi connectivity index (χ4n) is 6.54. The lowest BCUT2D eigenvalue weighted by atomic mass is 9.68. The third-order valence-corrected chi connectivity index (χ3v) is 8.97. The van der Waals surface area contributed by atoms with E-state index in [4.69, 9.17) is 4.74 Å². The van der Waals surface area contributed by atoms with E-state index < -0.39 is 17.8 Å². The predicted molar refractivity (Wildman–Crippen MR) is 141 cm³/mol. The summed E-state index contributed by atoms with van der Waals surface area (Å²) in [6.45, 7) is 2.28. The number of unbranched alkanes of at least 4 members (excludes halogenated alkanes) is 1. The molecule has 38 heavy (non-hydrogen) atoms. The Labute approximate surface area is 224 Å². The first-order valence-corrected chi connectivity index (χ1v) is 14.5. The molecule has 4 rings (SSSR count). The van der Waals surface area contributed by atoms with Crippen LogP contribution in [0.5, 0.6) is 5.75 Å². The van der Waals surface area contributed by atoms with Gasteiger partial charge in [0, 0.05) is 0 Å². The van der Waals surface area contributed by atoms with E-state index in [0.29, 0.717) is 5.92 Å². The second kappa shape index (κ2) is 12.8. The molecule has 0 amide bonds. The third-order valence-electron chi connectivity index (χ3n) is 8.97. The van der Waals surface area contributed by atoms with Gasteiger partial charge in [-0.3, -0.25) is 0 Å². The highest BCUT2D eigenvalue weighted by molar-refractivity contribution is 5.31. The molecule has 2 aliphatic rings. The van der Waals surface area contributed by atoms with Gasteiger partial charge in [0.1, 0.15) is 5.75 Å². The van der Waals surface area contributed by atoms with Crippen LogP contribution in [0.3, 0.4) is 0 Å². The van der Waals surface area contributed by atoms with E-state index in [0.717, 1.165) is 60.4 Å². The van der Waals surface area contributed by atoms with Gasteiger partial charge in [0.25, 0.3) is 0 Å². The van der Waals surface area contributed by atoms with Gasteiger partial charge >= 0.3 is 12.3 Å². The molecule has 0 radical (unpaired) electrons. The monoisotopic (exact) mass is 536 g/mol. The summed E-state index contributed by atoms with van der Waals surface area (Å²) in [4.78, 5) is 0. The Hall–Kier alpha value is -2.11. The van der Waals surface area contributed by atoms with E-state index >= 15 is 0 Å². The summed E-state index contributed by atoms with van der Waals surface area (Å²) in [5.41, 5.74) is -0.200. The van der Waals surface area contributed by atoms with Crippen LogP contribution < -0.4 is 4.74 Å². The minimum atomic E-state index is -4.52. The standard InChI is InChI=1S/C32H41F5O/c1-2-3-4-23-7-13-26(14-8-23)27-15-9-24(10-16-27)5-6-25-11-17-29(18-12-25)32(36,37)38-30-21-19-28(20-22-30)31(33,34)35/h11-12,17-24,26-27H,2-10,13-16H2,1H3/t23-,24-,26-,27-. The zero-order valence-corrected chi connectivity index (χ0v) is 22.4. The van der Waals surface area contributed by atoms with Gasteiger partial charge in [0.2, 0.25) is 0 Å². The van der Waals surface area contributed by atoms with Crippen molar-refractivity contribution in [2.75, 3.05) is 0 Å². The van der Waals surface area contributed by atoms with Crippen molar-refractivity contribution in [3.8, 4) is 5.75 Å². The lowest BCUT2D eigenvalue weighted by molar-refractivity contribution is -0.185. The van der Waals surface area contributed by atoms with Crippen LogP contribution in [0.2, 0.25) is 0 Å². The minimum Gasteiger partial charge on any atom is -0.429 e. The van der Waals surface area contributed by atoms with Gasteiger partial charge in [-0.15, -0.1) is 0 Å². The zero-order valence-electron chi connectivity index (χ0n) is 22.4. The summed E-state index contributed by atoms with van der Waals surface area (Å²) in [6.07, 6.45) is 8.80. The molecule has 0 heterocycles. The second-order valence-corrected chi connectivity index (χ2v) is 11.6. The Morgan fingerprint density at radius 2 is 1.16 bits per heavy atom. The van der Waals surface area contributed by atoms with E-state index in [1.807, 2.05) is 0 Å². The quantitative estimate of drug-likeness (QED) is 0.274. The predicted octanol–water partition coefficient (Wildman–Crippen LogP) is 10.6. The molecule has 0 N–H and O–H groups in total. The molecule has 0 bridgehead atoms. The summed E-state index contributed by atoms with van der Waals surface area (Å²) in [6, 6.07) is 9.43. The Bertz CT molecular complexity index is 966. The maximum absolute atomic E-state index is 14.6. The Morgan fingerprint density at radius 3 is 1.66 bits per heavy atom. The van der Waals surface area contributed by atoms with Crippen molar-refractivity contribution < 1.29 is 26.7 Å². The van der Waals surface area contributed by atoms with Crippen molar-refractivity contribution in [2.24, 2.45) is 23.7 Å². The van der Waals surface area contributed by atoms with Gasteiger partial charge in [0.15, 0.2) is 0 Å². The lowest BCUT2D eigenvalue weighted by Gasteiger charge is -2.38. The molecule has 0 spiro atoms. The highest BCUT2D eigenvalue weighted by atomic mass is 19.4. The molecule has 2 saturated carbocycles. The van der Waals surface area contributed by atoms with Gasteiger partial charge in [-0.2, -0.15) is 22.0 Å². The van der Waals surface area contributed by atoms with Crippen LogP contribution in [0.25, 0.3) is 0 Å². The van der Waals surface area contributed by atoms with Crippen LogP contribution in [0.1, 0.15) is 101 Å². The topological polar surface area (TPSA) is 9.23 Å². The lowest BCUT2D eigenvalue weighted by Crippen LogP contribution is -2.26. The molecule has 0 saturated heterocycles. The summed E-state index contributed by atoms with van der Waals surface area (Å²) in [7, 11) is 0. The Kier molecular flexibility index (Phi) is 9.75. The maximum Gasteiger partial charge on any atom is 0.426 e. The van der Waals surface area contributed by atoms with E-state index in [9.17, 15) is 22.0 Å². The van der Waals surface area contributed by atoms with Gasteiger partial charge in [-0.1, -0.05) is 64.0 Å². The van der Waals surface area contributed by atoms with Gasteiger partial charge in [-0.05, 0) is 104 Å². The SMILES string of the molecule is CCCC[C@H]1CC[C@H]([C@H]2CC[C@H](CCc3ccc(C(F)(F)Oc4ccc(C(F)(F)F)cc4)cc3)CC2)CC1. The molecular weight excluding hydrogens is 495 g/mol. The molecule has 0 aliphatic heterocycles. The first kappa shape index (κ1) is 28.9. The van der Waals surface area contributed by atoms with Crippen molar-refractivity contribution in [3.05, 3.63) is 65.2 Å². The smallest absolute Gasteiger partial charge is 0.426 e. The Balaban J connectivity index is 1.20. The number of halogens is 5. The van der Waals surface area contributed by atoms with Crippen LogP contribution in [0, 0.1) is 23.7 Å². The van der Waals surface area contributed by atoms with Crippen molar-refractivity contribution >= 4 is 0 Å². The largest absolute Gasteiger partial charge is 0.429 e. The van der Waals surface area contributed by atoms with Gasteiger partial charge < -0.3 is 4.74 Å². The van der Waals surface area contributed by atoms with E-state index in [1.54, 1.807) is 12.1 Å². The average molecular weight is 537 g/mol. The number of rotatable bonds is 10. The molecule has 0 unspecified atom stereocenters. The molecule has 2 aromatic carbocycles. The summed E-state index contributed by atoms with van der Waals surface area (Å²) in [5, 5.41) is 0. The normalized spacial score (nSPS) is 24.8. The number of ether oxygens (including phenoxy) is 1. The number of aryl methyl sites for hydroxylation is 1. The van der Waals surface area contributed by atoms with E-state index in [-0.39, 0.29) is 11.3 Å². The van der Waals surface area contributed by atoms with E-state index in [2.05, 4.69) is 6.92 Å². The fraction of sp³-hybridized carbons (Fsp3) is 0.625. The molecular formula is C32H41F5O. The minimum absolute atomic E-state index is 0.313. The van der Waals surface area contributed by atoms with Gasteiger partial charge in [0.05, 0.1) is 11.1 Å². The summed E-state index contributed by atoms with van der Waals surface area (Å²) < 4.78 is 72.0. The van der Waals surface area contributed by atoms with Crippen molar-refractivity contribution in [1.29, 1.82) is 0 Å². The molecule has 0 atom stereocenters. The average Bonchev–Trinajstić information content (AvgIpc) is 2.91. The molecule has 210 valence electrons. The molecule has 1 nitrogen and oxygen atoms in total. The van der Waals surface area contributed by atoms with Crippen LogP contribution >= 0.6 is 0 Å². The maximum atomic E-state index is 14.6. The molecule has 2 fully saturated rings. The van der Waals surface area contributed by atoms with Gasteiger partial charge in [-0.25, -0.2) is 0 Å². The second-order valence-electron chi connectivity index (χ2n) is 11.6. The summed E-state index contributed by atoms with van der Waals surface area (Å²) >= 11 is 0. The number of hydrogen-bond donors (Lipinski definition) is 0. The van der Waals surface area contributed by atoms with Crippen molar-refractivity contribution in [2.45, 2.75) is 103 Å². The van der Waals surface area contributed by atoms with Crippen LogP contribution in [-0.4, -0.2) is 0 Å². The molecule has 2 aliphatic carbocycles. The molecule has 2 aromatic rings. The van der Waals surface area contributed by atoms with Crippen LogP contribution in [-0.2, 0) is 18.7 Å². The number of benzene rings is 2. The first-order chi connectivity index (χ1) is 18.1. The van der Waals surface area contributed by atoms with Crippen molar-refractivity contribution in [1.82, 2.24) is 0 Å². The fourth-order valence-corrected chi connectivity index (χ4v) is 6.54. The highest BCUT2D eigenvalue weighted by Crippen LogP contribution is 2.43. The van der Waals surface area contributed by atoms with Crippen molar-refractivity contribution in [3.63, 3.8) is 0 Å². The number of hydrogen-bond acceptors (Lipinski definition) is 1. The van der Waals surface area contributed by atoms with E-state index in [1.165, 1.54) is 82.8 Å². The van der Waals surface area contributed by atoms with Crippen LogP contribution in [0.4, 0.5) is 22.0 Å². The molecule has 6 heteroatoms. The van der Waals surface area contributed by atoms with Crippen LogP contribution in [0.15, 0.2) is 48.5 Å². The molecule has 0 aromatic heterocycles. The zero-order chi connectivity index (χ0) is 27.2. The number of alkyl halides is 5. The first-order valence-electron chi connectivity index (χ1n) is 14.5. The third kappa shape index (κ3) is 7.95.